The Morgan fingerprint density at radius 1 is 1.38 bits per heavy atom. The number of carboxylic acids is 1. The molecule has 0 saturated heterocycles. The number of rotatable bonds is 4. The first-order valence-electron chi connectivity index (χ1n) is 5.22. The van der Waals surface area contributed by atoms with Gasteiger partial charge < -0.3 is 10.4 Å². The van der Waals surface area contributed by atoms with Crippen molar-refractivity contribution in [2.75, 3.05) is 13.6 Å². The van der Waals surface area contributed by atoms with Gasteiger partial charge in [-0.1, -0.05) is 24.3 Å². The van der Waals surface area contributed by atoms with Crippen LogP contribution in [0.5, 0.6) is 0 Å². The second-order valence-electron chi connectivity index (χ2n) is 3.79. The summed E-state index contributed by atoms with van der Waals surface area (Å²) in [4.78, 5) is 11.0. The summed E-state index contributed by atoms with van der Waals surface area (Å²) in [5.41, 5.74) is 3.05. The Bertz CT molecular complexity index is 399. The van der Waals surface area contributed by atoms with Crippen LogP contribution in [-0.2, 0) is 0 Å². The molecule has 0 aliphatic carbocycles. The molecule has 16 heavy (non-hydrogen) atoms. The third-order valence-electron chi connectivity index (χ3n) is 2.40. The molecule has 0 amide bonds. The quantitative estimate of drug-likeness (QED) is 0.816. The molecule has 0 unspecified atom stereocenters. The first-order valence-corrected chi connectivity index (χ1v) is 5.22. The number of likely N-dealkylation sites (N-methyl/N-ethyl adjacent to an activating group) is 1. The van der Waals surface area contributed by atoms with Crippen molar-refractivity contribution in [3.8, 4) is 0 Å². The van der Waals surface area contributed by atoms with Gasteiger partial charge in [-0.2, -0.15) is 0 Å². The summed E-state index contributed by atoms with van der Waals surface area (Å²) >= 11 is 0. The van der Waals surface area contributed by atoms with E-state index >= 15 is 0 Å². The van der Waals surface area contributed by atoms with Crippen molar-refractivity contribution in [2.45, 2.75) is 13.8 Å². The van der Waals surface area contributed by atoms with E-state index in [1.165, 1.54) is 0 Å². The second kappa shape index (κ2) is 5.47. The normalized spacial score (nSPS) is 10.9. The fourth-order valence-corrected chi connectivity index (χ4v) is 1.74. The molecule has 3 nitrogen and oxygen atoms in total. The van der Waals surface area contributed by atoms with E-state index in [0.717, 1.165) is 23.2 Å². The van der Waals surface area contributed by atoms with Gasteiger partial charge in [-0.25, -0.2) is 4.79 Å². The Morgan fingerprint density at radius 3 is 2.38 bits per heavy atom. The molecule has 0 aliphatic rings. The highest BCUT2D eigenvalue weighted by Gasteiger charge is 2.10. The zero-order valence-electron chi connectivity index (χ0n) is 9.87. The lowest BCUT2D eigenvalue weighted by molar-refractivity contribution is 0.0695. The number of hydrogen-bond donors (Lipinski definition) is 2. The molecule has 2 N–H and O–H groups in total. The summed E-state index contributed by atoms with van der Waals surface area (Å²) in [6.07, 6.45) is 4.00. The van der Waals surface area contributed by atoms with Gasteiger partial charge in [-0.15, -0.1) is 0 Å². The van der Waals surface area contributed by atoms with Crippen molar-refractivity contribution in [1.82, 2.24) is 5.32 Å². The van der Waals surface area contributed by atoms with E-state index < -0.39 is 5.97 Å². The Labute approximate surface area is 95.8 Å². The van der Waals surface area contributed by atoms with Gasteiger partial charge in [-0.05, 0) is 37.6 Å². The van der Waals surface area contributed by atoms with Crippen molar-refractivity contribution in [3.05, 3.63) is 40.5 Å². The molecule has 0 aliphatic heterocycles. The third kappa shape index (κ3) is 2.94. The Balaban J connectivity index is 3.05. The predicted molar refractivity (Wildman–Crippen MR) is 65.8 cm³/mol. The Morgan fingerprint density at radius 2 is 1.94 bits per heavy atom. The summed E-state index contributed by atoms with van der Waals surface area (Å²) < 4.78 is 0. The van der Waals surface area contributed by atoms with Crippen LogP contribution >= 0.6 is 0 Å². The van der Waals surface area contributed by atoms with Crippen molar-refractivity contribution >= 4 is 12.0 Å². The van der Waals surface area contributed by atoms with Crippen LogP contribution in [0, 0.1) is 13.8 Å². The molecule has 0 aromatic heterocycles. The van der Waals surface area contributed by atoms with Gasteiger partial charge >= 0.3 is 5.97 Å². The lowest BCUT2D eigenvalue weighted by Crippen LogP contribution is -2.04. The van der Waals surface area contributed by atoms with Crippen molar-refractivity contribution in [2.24, 2.45) is 0 Å². The number of nitrogens with one attached hydrogen (secondary N) is 1. The monoisotopic (exact) mass is 219 g/mol. The zero-order chi connectivity index (χ0) is 12.1. The number of hydrogen-bond acceptors (Lipinski definition) is 2. The molecule has 0 saturated carbocycles. The average Bonchev–Trinajstić information content (AvgIpc) is 2.16. The third-order valence-corrected chi connectivity index (χ3v) is 2.40. The largest absolute Gasteiger partial charge is 0.478 e. The summed E-state index contributed by atoms with van der Waals surface area (Å²) in [5, 5.41) is 12.0. The summed E-state index contributed by atoms with van der Waals surface area (Å²) in [6, 6.07) is 3.78. The van der Waals surface area contributed by atoms with Gasteiger partial charge in [0.25, 0.3) is 0 Å². The molecular formula is C13H17NO2. The number of benzene rings is 1. The SMILES string of the molecule is CNCC=Cc1cc(C)c(C(=O)O)c(C)c1. The summed E-state index contributed by atoms with van der Waals surface area (Å²) in [5.74, 6) is -0.860. The maximum atomic E-state index is 11.0. The van der Waals surface area contributed by atoms with E-state index in [4.69, 9.17) is 5.11 Å². The molecule has 0 bridgehead atoms. The maximum absolute atomic E-state index is 11.0. The number of aromatic carboxylic acids is 1. The van der Waals surface area contributed by atoms with E-state index in [9.17, 15) is 4.79 Å². The number of aryl methyl sites for hydroxylation is 2. The standard InChI is InChI=1S/C13H17NO2/c1-9-7-11(5-4-6-14-3)8-10(2)12(9)13(15)16/h4-5,7-8,14H,6H2,1-3H3,(H,15,16). The lowest BCUT2D eigenvalue weighted by atomic mass is 9.99. The molecule has 86 valence electrons. The van der Waals surface area contributed by atoms with E-state index in [0.29, 0.717) is 5.56 Å². The minimum atomic E-state index is -0.860. The highest BCUT2D eigenvalue weighted by molar-refractivity contribution is 5.91. The highest BCUT2D eigenvalue weighted by atomic mass is 16.4. The van der Waals surface area contributed by atoms with Gasteiger partial charge in [-0.3, -0.25) is 0 Å². The van der Waals surface area contributed by atoms with E-state index in [1.807, 2.05) is 45.2 Å². The van der Waals surface area contributed by atoms with Crippen LogP contribution < -0.4 is 5.32 Å². The lowest BCUT2D eigenvalue weighted by Gasteiger charge is -2.06. The molecule has 1 aromatic rings. The Hall–Kier alpha value is -1.61. The molecule has 0 atom stereocenters. The van der Waals surface area contributed by atoms with Crippen LogP contribution in [0.25, 0.3) is 6.08 Å². The minimum Gasteiger partial charge on any atom is -0.478 e. The Kier molecular flexibility index (Phi) is 4.26. The first-order chi connectivity index (χ1) is 7.56. The fraction of sp³-hybridized carbons (Fsp3) is 0.308. The van der Waals surface area contributed by atoms with Gasteiger partial charge in [0, 0.05) is 6.54 Å². The molecule has 0 heterocycles. The number of carbonyl (C=O) groups is 1. The topological polar surface area (TPSA) is 49.3 Å². The van der Waals surface area contributed by atoms with Gasteiger partial charge in [0.1, 0.15) is 0 Å². The molecule has 1 rings (SSSR count). The van der Waals surface area contributed by atoms with E-state index in [1.54, 1.807) is 0 Å². The fourth-order valence-electron chi connectivity index (χ4n) is 1.74. The van der Waals surface area contributed by atoms with Crippen LogP contribution in [-0.4, -0.2) is 24.7 Å². The average molecular weight is 219 g/mol. The second-order valence-corrected chi connectivity index (χ2v) is 3.79. The van der Waals surface area contributed by atoms with Gasteiger partial charge in [0.15, 0.2) is 0 Å². The molecule has 0 radical (unpaired) electrons. The minimum absolute atomic E-state index is 0.408. The smallest absolute Gasteiger partial charge is 0.336 e. The van der Waals surface area contributed by atoms with Gasteiger partial charge in [0.2, 0.25) is 0 Å². The van der Waals surface area contributed by atoms with Crippen molar-refractivity contribution in [3.63, 3.8) is 0 Å². The van der Waals surface area contributed by atoms with E-state index in [2.05, 4.69) is 5.32 Å². The van der Waals surface area contributed by atoms with Crippen LogP contribution in [0.2, 0.25) is 0 Å². The molecule has 0 spiro atoms. The first kappa shape index (κ1) is 12.5. The maximum Gasteiger partial charge on any atom is 0.336 e. The van der Waals surface area contributed by atoms with Crippen molar-refractivity contribution < 1.29 is 9.90 Å². The highest BCUT2D eigenvalue weighted by Crippen LogP contribution is 2.17. The molecular weight excluding hydrogens is 202 g/mol. The zero-order valence-corrected chi connectivity index (χ0v) is 9.87. The molecule has 3 heteroatoms. The van der Waals surface area contributed by atoms with Crippen LogP contribution in [0.3, 0.4) is 0 Å². The van der Waals surface area contributed by atoms with E-state index in [-0.39, 0.29) is 0 Å². The summed E-state index contributed by atoms with van der Waals surface area (Å²) in [6.45, 7) is 4.45. The summed E-state index contributed by atoms with van der Waals surface area (Å²) in [7, 11) is 1.88. The molecule has 1 aromatic carbocycles. The van der Waals surface area contributed by atoms with Crippen molar-refractivity contribution in [1.29, 1.82) is 0 Å². The van der Waals surface area contributed by atoms with Crippen LogP contribution in [0.1, 0.15) is 27.0 Å². The van der Waals surface area contributed by atoms with Crippen LogP contribution in [0.15, 0.2) is 18.2 Å². The molecule has 0 fully saturated rings. The van der Waals surface area contributed by atoms with Crippen LogP contribution in [0.4, 0.5) is 0 Å². The number of carboxylic acid groups (broad SMARTS) is 1. The van der Waals surface area contributed by atoms with Gasteiger partial charge in [0.05, 0.1) is 5.56 Å². The predicted octanol–water partition coefficient (Wildman–Crippen LogP) is 2.23.